The zero-order valence-electron chi connectivity index (χ0n) is 9.97. The third-order valence-electron chi connectivity index (χ3n) is 1.77. The van der Waals surface area contributed by atoms with Gasteiger partial charge in [-0.3, -0.25) is 10.1 Å². The molecule has 0 aliphatic rings. The maximum absolute atomic E-state index is 11.6. The first-order valence-corrected chi connectivity index (χ1v) is 5.45. The van der Waals surface area contributed by atoms with Gasteiger partial charge < -0.3 is 0 Å². The molecule has 1 aromatic heterocycles. The molecule has 0 spiro atoms. The molecule has 16 heavy (non-hydrogen) atoms. The van der Waals surface area contributed by atoms with Gasteiger partial charge in [0.15, 0.2) is 0 Å². The highest BCUT2D eigenvalue weighted by Gasteiger charge is 2.16. The van der Waals surface area contributed by atoms with Crippen LogP contribution in [0.25, 0.3) is 0 Å². The zero-order chi connectivity index (χ0) is 12.3. The Hall–Kier alpha value is -1.16. The first-order valence-electron chi connectivity index (χ1n) is 5.07. The Morgan fingerprint density at radius 2 is 2.06 bits per heavy atom. The predicted molar refractivity (Wildman–Crippen MR) is 64.5 cm³/mol. The number of aromatic nitrogens is 2. The van der Waals surface area contributed by atoms with Crippen LogP contribution in [0.3, 0.4) is 0 Å². The fourth-order valence-electron chi connectivity index (χ4n) is 1.24. The van der Waals surface area contributed by atoms with E-state index in [1.807, 2.05) is 20.8 Å². The third-order valence-corrected chi connectivity index (χ3v) is 1.96. The van der Waals surface area contributed by atoms with Gasteiger partial charge in [0.05, 0.1) is 0 Å². The van der Waals surface area contributed by atoms with Crippen molar-refractivity contribution >= 4 is 23.5 Å². The van der Waals surface area contributed by atoms with Crippen molar-refractivity contribution < 1.29 is 4.79 Å². The minimum Gasteiger partial charge on any atom is -0.294 e. The molecule has 0 fully saturated rings. The van der Waals surface area contributed by atoms with E-state index in [1.165, 1.54) is 0 Å². The van der Waals surface area contributed by atoms with Crippen LogP contribution in [0.2, 0.25) is 5.15 Å². The Balaban J connectivity index is 2.70. The van der Waals surface area contributed by atoms with E-state index in [0.717, 1.165) is 5.69 Å². The second-order valence-corrected chi connectivity index (χ2v) is 5.33. The highest BCUT2D eigenvalue weighted by Crippen LogP contribution is 2.19. The topological polar surface area (TPSA) is 54.9 Å². The lowest BCUT2D eigenvalue weighted by Gasteiger charge is -2.16. The number of carbonyl (C=O) groups is 1. The first-order chi connectivity index (χ1) is 7.26. The number of carbonyl (C=O) groups excluding carboxylic acids is 1. The van der Waals surface area contributed by atoms with Crippen molar-refractivity contribution in [3.63, 3.8) is 0 Å². The molecule has 1 aromatic rings. The minimum atomic E-state index is -0.103. The van der Waals surface area contributed by atoms with E-state index < -0.39 is 0 Å². The number of hydrogen-bond acceptors (Lipinski definition) is 3. The fraction of sp³-hybridized carbons (Fsp3) is 0.545. The van der Waals surface area contributed by atoms with E-state index in [1.54, 1.807) is 13.0 Å². The van der Waals surface area contributed by atoms with E-state index in [4.69, 9.17) is 11.6 Å². The van der Waals surface area contributed by atoms with Crippen LogP contribution in [0, 0.1) is 12.3 Å². The molecule has 88 valence electrons. The second-order valence-electron chi connectivity index (χ2n) is 4.94. The van der Waals surface area contributed by atoms with Gasteiger partial charge in [-0.05, 0) is 18.4 Å². The maximum atomic E-state index is 11.6. The largest absolute Gasteiger partial charge is 0.294 e. The van der Waals surface area contributed by atoms with Gasteiger partial charge in [0.2, 0.25) is 11.9 Å². The molecule has 1 heterocycles. The number of anilines is 1. The Bertz CT molecular complexity index is 378. The van der Waals surface area contributed by atoms with Crippen molar-refractivity contribution in [2.24, 2.45) is 5.41 Å². The second kappa shape index (κ2) is 4.78. The smallest absolute Gasteiger partial charge is 0.231 e. The number of amides is 1. The molecule has 1 N–H and O–H groups in total. The third kappa shape index (κ3) is 4.57. The summed E-state index contributed by atoms with van der Waals surface area (Å²) in [6.45, 7) is 7.79. The van der Waals surface area contributed by atoms with Crippen LogP contribution >= 0.6 is 11.6 Å². The number of halogens is 1. The molecule has 0 saturated heterocycles. The molecule has 0 radical (unpaired) electrons. The molecule has 0 saturated carbocycles. The molecule has 0 atom stereocenters. The first kappa shape index (κ1) is 12.9. The Morgan fingerprint density at radius 1 is 1.44 bits per heavy atom. The van der Waals surface area contributed by atoms with Gasteiger partial charge >= 0.3 is 0 Å². The van der Waals surface area contributed by atoms with E-state index in [2.05, 4.69) is 15.3 Å². The van der Waals surface area contributed by atoms with E-state index in [9.17, 15) is 4.79 Å². The molecule has 1 amide bonds. The average Bonchev–Trinajstić information content (AvgIpc) is 1.96. The van der Waals surface area contributed by atoms with Gasteiger partial charge in [0, 0.05) is 12.1 Å². The highest BCUT2D eigenvalue weighted by atomic mass is 35.5. The number of nitrogens with zero attached hydrogens (tertiary/aromatic N) is 2. The molecule has 4 nitrogen and oxygen atoms in total. The standard InChI is InChI=1S/C11H16ClN3O/c1-7-5-8(12)14-10(13-7)15-9(16)6-11(2,3)4/h5H,6H2,1-4H3,(H,13,14,15,16). The molecule has 1 rings (SSSR count). The summed E-state index contributed by atoms with van der Waals surface area (Å²) >= 11 is 5.76. The van der Waals surface area contributed by atoms with Crippen molar-refractivity contribution in [3.05, 3.63) is 16.9 Å². The van der Waals surface area contributed by atoms with Gasteiger partial charge in [-0.25, -0.2) is 9.97 Å². The van der Waals surface area contributed by atoms with Gasteiger partial charge in [-0.1, -0.05) is 32.4 Å². The quantitative estimate of drug-likeness (QED) is 0.810. The van der Waals surface area contributed by atoms with Crippen LogP contribution in [-0.2, 0) is 4.79 Å². The lowest BCUT2D eigenvalue weighted by atomic mass is 9.92. The molecule has 0 bridgehead atoms. The maximum Gasteiger partial charge on any atom is 0.231 e. The molecule has 0 aliphatic heterocycles. The summed E-state index contributed by atoms with van der Waals surface area (Å²) in [6, 6.07) is 1.64. The van der Waals surface area contributed by atoms with E-state index >= 15 is 0 Å². The summed E-state index contributed by atoms with van der Waals surface area (Å²) in [6.07, 6.45) is 0.419. The molecular weight excluding hydrogens is 226 g/mol. The minimum absolute atomic E-state index is 0.0578. The van der Waals surface area contributed by atoms with Crippen molar-refractivity contribution in [2.45, 2.75) is 34.1 Å². The Morgan fingerprint density at radius 3 is 2.56 bits per heavy atom. The van der Waals surface area contributed by atoms with Crippen molar-refractivity contribution in [1.29, 1.82) is 0 Å². The molecule has 5 heteroatoms. The van der Waals surface area contributed by atoms with Crippen LogP contribution in [-0.4, -0.2) is 15.9 Å². The predicted octanol–water partition coefficient (Wildman–Crippen LogP) is 2.81. The van der Waals surface area contributed by atoms with Crippen LogP contribution in [0.1, 0.15) is 32.9 Å². The number of hydrogen-bond donors (Lipinski definition) is 1. The zero-order valence-corrected chi connectivity index (χ0v) is 10.7. The van der Waals surface area contributed by atoms with Gasteiger partial charge in [0.1, 0.15) is 5.15 Å². The van der Waals surface area contributed by atoms with Crippen LogP contribution in [0.4, 0.5) is 5.95 Å². The molecule has 0 aliphatic carbocycles. The SMILES string of the molecule is Cc1cc(Cl)nc(NC(=O)CC(C)(C)C)n1. The normalized spacial score (nSPS) is 11.3. The van der Waals surface area contributed by atoms with Gasteiger partial charge in [0.25, 0.3) is 0 Å². The number of aryl methyl sites for hydroxylation is 1. The summed E-state index contributed by atoms with van der Waals surface area (Å²) < 4.78 is 0. The van der Waals surface area contributed by atoms with Crippen molar-refractivity contribution in [3.8, 4) is 0 Å². The molecular formula is C11H16ClN3O. The van der Waals surface area contributed by atoms with Crippen molar-refractivity contribution in [1.82, 2.24) is 9.97 Å². The monoisotopic (exact) mass is 241 g/mol. The molecule has 0 unspecified atom stereocenters. The summed E-state index contributed by atoms with van der Waals surface area (Å²) in [5, 5.41) is 2.97. The van der Waals surface area contributed by atoms with Crippen LogP contribution in [0.5, 0.6) is 0 Å². The van der Waals surface area contributed by atoms with Gasteiger partial charge in [-0.15, -0.1) is 0 Å². The van der Waals surface area contributed by atoms with Crippen LogP contribution < -0.4 is 5.32 Å². The fourth-order valence-corrected chi connectivity index (χ4v) is 1.47. The summed E-state index contributed by atoms with van der Waals surface area (Å²) in [5.41, 5.74) is 0.670. The summed E-state index contributed by atoms with van der Waals surface area (Å²) in [5.74, 6) is 0.161. The lowest BCUT2D eigenvalue weighted by Crippen LogP contribution is -2.21. The highest BCUT2D eigenvalue weighted by molar-refractivity contribution is 6.29. The summed E-state index contributed by atoms with van der Waals surface area (Å²) in [7, 11) is 0. The van der Waals surface area contributed by atoms with Crippen molar-refractivity contribution in [2.75, 3.05) is 5.32 Å². The van der Waals surface area contributed by atoms with Gasteiger partial charge in [-0.2, -0.15) is 0 Å². The van der Waals surface area contributed by atoms with E-state index in [-0.39, 0.29) is 17.3 Å². The van der Waals surface area contributed by atoms with Crippen LogP contribution in [0.15, 0.2) is 6.07 Å². The summed E-state index contributed by atoms with van der Waals surface area (Å²) in [4.78, 5) is 19.6. The Kier molecular flexibility index (Phi) is 3.86. The number of nitrogens with one attached hydrogen (secondary N) is 1. The molecule has 0 aromatic carbocycles. The average molecular weight is 242 g/mol. The van der Waals surface area contributed by atoms with E-state index in [0.29, 0.717) is 11.6 Å². The number of rotatable bonds is 2. The lowest BCUT2D eigenvalue weighted by molar-refractivity contribution is -0.117. The Labute approximate surface area is 100 Å².